The molecule has 1 heterocycles. The Hall–Kier alpha value is -1.35. The van der Waals surface area contributed by atoms with E-state index in [4.69, 9.17) is 4.74 Å². The van der Waals surface area contributed by atoms with Crippen LogP contribution in [0.5, 0.6) is 5.75 Å². The Balaban J connectivity index is 2.28. The summed E-state index contributed by atoms with van der Waals surface area (Å²) in [5.41, 5.74) is 3.04. The molecule has 0 aliphatic carbocycles. The SMILES string of the molecule is CCN(CC)CC1CCOc2c(ccc(C)c2C)C1=O. The summed E-state index contributed by atoms with van der Waals surface area (Å²) in [4.78, 5) is 15.1. The molecule has 0 radical (unpaired) electrons. The third kappa shape index (κ3) is 2.88. The quantitative estimate of drug-likeness (QED) is 0.845. The molecule has 0 saturated carbocycles. The van der Waals surface area contributed by atoms with E-state index in [0.29, 0.717) is 6.61 Å². The lowest BCUT2D eigenvalue weighted by molar-refractivity contribution is 0.0877. The zero-order valence-electron chi connectivity index (χ0n) is 13.0. The topological polar surface area (TPSA) is 29.5 Å². The summed E-state index contributed by atoms with van der Waals surface area (Å²) in [7, 11) is 0. The van der Waals surface area contributed by atoms with E-state index in [9.17, 15) is 4.79 Å². The number of nitrogens with zero attached hydrogens (tertiary/aromatic N) is 1. The van der Waals surface area contributed by atoms with Crippen molar-refractivity contribution in [2.75, 3.05) is 26.2 Å². The molecular weight excluding hydrogens is 250 g/mol. The van der Waals surface area contributed by atoms with Crippen LogP contribution in [0.15, 0.2) is 12.1 Å². The standard InChI is InChI=1S/C17H25NO2/c1-5-18(6-2)11-14-9-10-20-17-13(4)12(3)7-8-15(17)16(14)19/h7-8,14H,5-6,9-11H2,1-4H3. The molecule has 1 aliphatic heterocycles. The van der Waals surface area contributed by atoms with E-state index in [-0.39, 0.29) is 11.7 Å². The molecule has 1 unspecified atom stereocenters. The number of rotatable bonds is 4. The van der Waals surface area contributed by atoms with Crippen molar-refractivity contribution < 1.29 is 9.53 Å². The largest absolute Gasteiger partial charge is 0.493 e. The van der Waals surface area contributed by atoms with Crippen LogP contribution in [0.4, 0.5) is 0 Å². The number of carbonyl (C=O) groups excluding carboxylic acids is 1. The minimum atomic E-state index is 0.0539. The van der Waals surface area contributed by atoms with Gasteiger partial charge in [0, 0.05) is 12.5 Å². The Morgan fingerprint density at radius 3 is 2.60 bits per heavy atom. The van der Waals surface area contributed by atoms with Crippen molar-refractivity contribution in [1.82, 2.24) is 4.90 Å². The van der Waals surface area contributed by atoms with Crippen molar-refractivity contribution in [3.05, 3.63) is 28.8 Å². The third-order valence-electron chi connectivity index (χ3n) is 4.40. The predicted molar refractivity (Wildman–Crippen MR) is 81.6 cm³/mol. The van der Waals surface area contributed by atoms with Gasteiger partial charge in [-0.05, 0) is 50.6 Å². The van der Waals surface area contributed by atoms with E-state index < -0.39 is 0 Å². The molecule has 1 aromatic carbocycles. The van der Waals surface area contributed by atoms with Crippen molar-refractivity contribution in [2.45, 2.75) is 34.1 Å². The van der Waals surface area contributed by atoms with Gasteiger partial charge in [-0.1, -0.05) is 19.9 Å². The number of carbonyl (C=O) groups is 1. The second-order valence-corrected chi connectivity index (χ2v) is 5.57. The Labute approximate surface area is 121 Å². The lowest BCUT2D eigenvalue weighted by Gasteiger charge is -2.23. The average molecular weight is 275 g/mol. The molecule has 1 atom stereocenters. The summed E-state index contributed by atoms with van der Waals surface area (Å²) in [6, 6.07) is 3.95. The number of benzene rings is 1. The van der Waals surface area contributed by atoms with Crippen molar-refractivity contribution in [2.24, 2.45) is 5.92 Å². The summed E-state index contributed by atoms with van der Waals surface area (Å²) >= 11 is 0. The van der Waals surface area contributed by atoms with Gasteiger partial charge in [-0.3, -0.25) is 4.79 Å². The minimum absolute atomic E-state index is 0.0539. The van der Waals surface area contributed by atoms with E-state index in [2.05, 4.69) is 25.7 Å². The number of Topliss-reactive ketones (excluding diaryl/α,β-unsaturated/α-hetero) is 1. The van der Waals surface area contributed by atoms with E-state index in [1.54, 1.807) is 0 Å². The van der Waals surface area contributed by atoms with Gasteiger partial charge in [0.1, 0.15) is 5.75 Å². The smallest absolute Gasteiger partial charge is 0.171 e. The molecule has 3 nitrogen and oxygen atoms in total. The maximum atomic E-state index is 12.8. The van der Waals surface area contributed by atoms with Gasteiger partial charge < -0.3 is 9.64 Å². The van der Waals surface area contributed by atoms with Gasteiger partial charge in [0.2, 0.25) is 0 Å². The second kappa shape index (κ2) is 6.40. The van der Waals surface area contributed by atoms with Crippen molar-refractivity contribution >= 4 is 5.78 Å². The summed E-state index contributed by atoms with van der Waals surface area (Å²) < 4.78 is 5.87. The van der Waals surface area contributed by atoms with Gasteiger partial charge in [0.25, 0.3) is 0 Å². The van der Waals surface area contributed by atoms with Crippen LogP contribution in [0, 0.1) is 19.8 Å². The van der Waals surface area contributed by atoms with E-state index >= 15 is 0 Å². The van der Waals surface area contributed by atoms with Crippen LogP contribution in [-0.2, 0) is 0 Å². The highest BCUT2D eigenvalue weighted by Crippen LogP contribution is 2.32. The first-order chi connectivity index (χ1) is 9.58. The highest BCUT2D eigenvalue weighted by Gasteiger charge is 2.28. The zero-order valence-corrected chi connectivity index (χ0v) is 13.0. The Morgan fingerprint density at radius 2 is 1.95 bits per heavy atom. The van der Waals surface area contributed by atoms with E-state index in [1.807, 2.05) is 19.1 Å². The van der Waals surface area contributed by atoms with E-state index in [0.717, 1.165) is 42.9 Å². The number of fused-ring (bicyclic) bond motifs is 1. The molecule has 3 heteroatoms. The van der Waals surface area contributed by atoms with E-state index in [1.165, 1.54) is 5.56 Å². The molecule has 1 aromatic rings. The van der Waals surface area contributed by atoms with Crippen LogP contribution in [0.25, 0.3) is 0 Å². The average Bonchev–Trinajstić information content (AvgIpc) is 2.61. The van der Waals surface area contributed by atoms with Crippen LogP contribution in [0.2, 0.25) is 0 Å². The van der Waals surface area contributed by atoms with Gasteiger partial charge in [-0.15, -0.1) is 0 Å². The first-order valence-electron chi connectivity index (χ1n) is 7.58. The molecule has 1 aliphatic rings. The van der Waals surface area contributed by atoms with Gasteiger partial charge in [-0.2, -0.15) is 0 Å². The number of aryl methyl sites for hydroxylation is 1. The molecule has 20 heavy (non-hydrogen) atoms. The van der Waals surface area contributed by atoms with Crippen molar-refractivity contribution in [1.29, 1.82) is 0 Å². The van der Waals surface area contributed by atoms with Gasteiger partial charge in [0.15, 0.2) is 5.78 Å². The zero-order chi connectivity index (χ0) is 14.7. The molecule has 0 saturated heterocycles. The highest BCUT2D eigenvalue weighted by atomic mass is 16.5. The Kier molecular flexibility index (Phi) is 4.81. The Morgan fingerprint density at radius 1 is 1.25 bits per heavy atom. The molecule has 0 N–H and O–H groups in total. The lowest BCUT2D eigenvalue weighted by Crippen LogP contribution is -2.33. The van der Waals surface area contributed by atoms with Crippen LogP contribution in [-0.4, -0.2) is 36.9 Å². The van der Waals surface area contributed by atoms with Crippen molar-refractivity contribution in [3.8, 4) is 5.75 Å². The highest BCUT2D eigenvalue weighted by molar-refractivity contribution is 6.01. The molecule has 0 bridgehead atoms. The Bertz CT molecular complexity index is 492. The van der Waals surface area contributed by atoms with Crippen LogP contribution >= 0.6 is 0 Å². The normalized spacial score (nSPS) is 18.6. The predicted octanol–water partition coefficient (Wildman–Crippen LogP) is 3.23. The first-order valence-corrected chi connectivity index (χ1v) is 7.58. The number of ether oxygens (including phenoxy) is 1. The molecular formula is C17H25NO2. The molecule has 2 rings (SSSR count). The fraction of sp³-hybridized carbons (Fsp3) is 0.588. The van der Waals surface area contributed by atoms with Gasteiger partial charge in [0.05, 0.1) is 12.2 Å². The fourth-order valence-corrected chi connectivity index (χ4v) is 2.79. The summed E-state index contributed by atoms with van der Waals surface area (Å²) in [5, 5.41) is 0. The molecule has 110 valence electrons. The maximum Gasteiger partial charge on any atom is 0.171 e. The lowest BCUT2D eigenvalue weighted by atomic mass is 9.92. The molecule has 0 amide bonds. The van der Waals surface area contributed by atoms with Crippen LogP contribution in [0.1, 0.15) is 41.8 Å². The van der Waals surface area contributed by atoms with Crippen LogP contribution < -0.4 is 4.74 Å². The van der Waals surface area contributed by atoms with Crippen LogP contribution in [0.3, 0.4) is 0 Å². The minimum Gasteiger partial charge on any atom is -0.493 e. The maximum absolute atomic E-state index is 12.8. The number of ketones is 1. The molecule has 0 fully saturated rings. The van der Waals surface area contributed by atoms with Gasteiger partial charge >= 0.3 is 0 Å². The molecule has 0 aromatic heterocycles. The first kappa shape index (κ1) is 15.0. The number of hydrogen-bond acceptors (Lipinski definition) is 3. The van der Waals surface area contributed by atoms with Gasteiger partial charge in [-0.25, -0.2) is 0 Å². The molecule has 0 spiro atoms. The summed E-state index contributed by atoms with van der Waals surface area (Å²) in [6.07, 6.45) is 0.808. The summed E-state index contributed by atoms with van der Waals surface area (Å²) in [5.74, 6) is 1.10. The van der Waals surface area contributed by atoms with Crippen molar-refractivity contribution in [3.63, 3.8) is 0 Å². The monoisotopic (exact) mass is 275 g/mol. The number of hydrogen-bond donors (Lipinski definition) is 0. The summed E-state index contributed by atoms with van der Waals surface area (Å²) in [6.45, 7) is 11.8. The third-order valence-corrected chi connectivity index (χ3v) is 4.40. The second-order valence-electron chi connectivity index (χ2n) is 5.57. The fourth-order valence-electron chi connectivity index (χ4n) is 2.79.